The van der Waals surface area contributed by atoms with Crippen molar-refractivity contribution in [2.75, 3.05) is 31.1 Å². The van der Waals surface area contributed by atoms with Gasteiger partial charge >= 0.3 is 12.2 Å². The molecule has 9 heteroatoms. The Morgan fingerprint density at radius 1 is 1.13 bits per heavy atom. The Hall–Kier alpha value is -2.06. The first-order valence-corrected chi connectivity index (χ1v) is 7.65. The van der Waals surface area contributed by atoms with E-state index < -0.39 is 11.9 Å². The molecule has 0 aromatic carbocycles. The predicted octanol–water partition coefficient (Wildman–Crippen LogP) is 1.88. The van der Waals surface area contributed by atoms with Crippen LogP contribution >= 0.6 is 0 Å². The van der Waals surface area contributed by atoms with E-state index in [0.717, 1.165) is 38.4 Å². The van der Waals surface area contributed by atoms with Crippen LogP contribution in [0.2, 0.25) is 0 Å². The number of carbonyl (C=O) groups is 1. The molecule has 2 saturated heterocycles. The molecule has 2 fully saturated rings. The van der Waals surface area contributed by atoms with Gasteiger partial charge < -0.3 is 15.1 Å². The Morgan fingerprint density at radius 2 is 1.87 bits per heavy atom. The lowest BCUT2D eigenvalue weighted by Gasteiger charge is -2.40. The molecular formula is C14H18F3N5O. The van der Waals surface area contributed by atoms with Gasteiger partial charge in [0.05, 0.1) is 0 Å². The van der Waals surface area contributed by atoms with Crippen molar-refractivity contribution in [3.8, 4) is 0 Å². The summed E-state index contributed by atoms with van der Waals surface area (Å²) in [5.74, 6) is 0.444. The van der Waals surface area contributed by atoms with Gasteiger partial charge in [0.25, 0.3) is 0 Å². The second-order valence-electron chi connectivity index (χ2n) is 5.77. The van der Waals surface area contributed by atoms with Crippen LogP contribution in [0.1, 0.15) is 25.0 Å². The second-order valence-corrected chi connectivity index (χ2v) is 5.77. The molecule has 0 atom stereocenters. The largest absolute Gasteiger partial charge is 0.435 e. The summed E-state index contributed by atoms with van der Waals surface area (Å²) < 4.78 is 37.5. The van der Waals surface area contributed by atoms with Gasteiger partial charge in [-0.15, -0.1) is 10.2 Å². The van der Waals surface area contributed by atoms with Crippen molar-refractivity contribution in [1.82, 2.24) is 20.4 Å². The van der Waals surface area contributed by atoms with Crippen LogP contribution in [-0.2, 0) is 6.18 Å². The summed E-state index contributed by atoms with van der Waals surface area (Å²) in [4.78, 5) is 15.6. The van der Waals surface area contributed by atoms with Crippen molar-refractivity contribution >= 4 is 11.8 Å². The fourth-order valence-corrected chi connectivity index (χ4v) is 3.05. The second kappa shape index (κ2) is 6.21. The van der Waals surface area contributed by atoms with Gasteiger partial charge in [-0.1, -0.05) is 0 Å². The van der Waals surface area contributed by atoms with Crippen molar-refractivity contribution < 1.29 is 18.0 Å². The molecule has 1 N–H and O–H groups in total. The molecule has 0 radical (unpaired) electrons. The van der Waals surface area contributed by atoms with Gasteiger partial charge in [-0.2, -0.15) is 13.2 Å². The van der Waals surface area contributed by atoms with Crippen molar-refractivity contribution in [2.45, 2.75) is 31.5 Å². The average molecular weight is 329 g/mol. The van der Waals surface area contributed by atoms with Crippen molar-refractivity contribution in [3.63, 3.8) is 0 Å². The van der Waals surface area contributed by atoms with E-state index in [1.54, 1.807) is 0 Å². The Balaban J connectivity index is 1.59. The van der Waals surface area contributed by atoms with Gasteiger partial charge in [0.15, 0.2) is 11.5 Å². The van der Waals surface area contributed by atoms with Crippen LogP contribution in [0, 0.1) is 0 Å². The molecule has 2 amide bonds. The predicted molar refractivity (Wildman–Crippen MR) is 77.0 cm³/mol. The van der Waals surface area contributed by atoms with E-state index in [-0.39, 0.29) is 12.1 Å². The lowest BCUT2D eigenvalue weighted by Crippen LogP contribution is -2.54. The number of halogens is 3. The lowest BCUT2D eigenvalue weighted by molar-refractivity contribution is -0.141. The standard InChI is InChI=1S/C14H18F3N5O/c15-14(16,17)11-2-3-12(20-19-11)21-8-4-10(5-9-21)22-7-1-6-18-13(22)23/h2-3,10H,1,4-9H2,(H,18,23). The Labute approximate surface area is 131 Å². The zero-order chi connectivity index (χ0) is 16.4. The molecule has 1 aromatic heterocycles. The van der Waals surface area contributed by atoms with E-state index in [1.807, 2.05) is 9.80 Å². The molecule has 126 valence electrons. The zero-order valence-corrected chi connectivity index (χ0v) is 12.5. The van der Waals surface area contributed by atoms with Crippen LogP contribution in [0.5, 0.6) is 0 Å². The third-order valence-electron chi connectivity index (χ3n) is 4.28. The first kappa shape index (κ1) is 15.8. The highest BCUT2D eigenvalue weighted by Crippen LogP contribution is 2.28. The number of rotatable bonds is 2. The highest BCUT2D eigenvalue weighted by molar-refractivity contribution is 5.75. The van der Waals surface area contributed by atoms with E-state index in [2.05, 4.69) is 15.5 Å². The van der Waals surface area contributed by atoms with Crippen LogP contribution in [0.3, 0.4) is 0 Å². The first-order chi connectivity index (χ1) is 10.9. The summed E-state index contributed by atoms with van der Waals surface area (Å²) in [6, 6.07) is 2.45. The molecule has 0 spiro atoms. The number of alkyl halides is 3. The van der Waals surface area contributed by atoms with E-state index in [4.69, 9.17) is 0 Å². The van der Waals surface area contributed by atoms with Crippen molar-refractivity contribution in [1.29, 1.82) is 0 Å². The smallest absolute Gasteiger partial charge is 0.355 e. The first-order valence-electron chi connectivity index (χ1n) is 7.65. The topological polar surface area (TPSA) is 61.4 Å². The number of piperidine rings is 1. The maximum absolute atomic E-state index is 12.5. The molecule has 0 aliphatic carbocycles. The van der Waals surface area contributed by atoms with Crippen molar-refractivity contribution in [3.05, 3.63) is 17.8 Å². The van der Waals surface area contributed by atoms with Crippen LogP contribution in [0.15, 0.2) is 12.1 Å². The number of anilines is 1. The Bertz CT molecular complexity index is 555. The summed E-state index contributed by atoms with van der Waals surface area (Å²) in [5, 5.41) is 9.78. The summed E-state index contributed by atoms with van der Waals surface area (Å²) in [6.45, 7) is 2.77. The number of nitrogens with zero attached hydrogens (tertiary/aromatic N) is 4. The number of nitrogens with one attached hydrogen (secondary N) is 1. The maximum Gasteiger partial charge on any atom is 0.435 e. The highest BCUT2D eigenvalue weighted by Gasteiger charge is 2.34. The van der Waals surface area contributed by atoms with E-state index >= 15 is 0 Å². The molecule has 2 aliphatic rings. The van der Waals surface area contributed by atoms with Crippen LogP contribution in [0.4, 0.5) is 23.8 Å². The minimum atomic E-state index is -4.47. The molecule has 3 rings (SSSR count). The maximum atomic E-state index is 12.5. The minimum Gasteiger partial charge on any atom is -0.355 e. The molecule has 1 aromatic rings. The van der Waals surface area contributed by atoms with Gasteiger partial charge in [-0.3, -0.25) is 0 Å². The molecule has 2 aliphatic heterocycles. The summed E-state index contributed by atoms with van der Waals surface area (Å²) >= 11 is 0. The zero-order valence-electron chi connectivity index (χ0n) is 12.5. The third kappa shape index (κ3) is 3.48. The number of hydrogen-bond acceptors (Lipinski definition) is 4. The quantitative estimate of drug-likeness (QED) is 0.900. The summed E-state index contributed by atoms with van der Waals surface area (Å²) in [5.41, 5.74) is -0.985. The van der Waals surface area contributed by atoms with Crippen molar-refractivity contribution in [2.24, 2.45) is 0 Å². The molecule has 3 heterocycles. The van der Waals surface area contributed by atoms with Gasteiger partial charge in [0.1, 0.15) is 0 Å². The van der Waals surface area contributed by atoms with Crippen LogP contribution < -0.4 is 10.2 Å². The fourth-order valence-electron chi connectivity index (χ4n) is 3.05. The van der Waals surface area contributed by atoms with Gasteiger partial charge in [-0.05, 0) is 31.4 Å². The fraction of sp³-hybridized carbons (Fsp3) is 0.643. The number of aromatic nitrogens is 2. The highest BCUT2D eigenvalue weighted by atomic mass is 19.4. The van der Waals surface area contributed by atoms with Gasteiger partial charge in [0, 0.05) is 32.2 Å². The van der Waals surface area contributed by atoms with E-state index in [0.29, 0.717) is 18.9 Å². The number of carbonyl (C=O) groups excluding carboxylic acids is 1. The van der Waals surface area contributed by atoms with Gasteiger partial charge in [0.2, 0.25) is 0 Å². The monoisotopic (exact) mass is 329 g/mol. The molecule has 6 nitrogen and oxygen atoms in total. The molecule has 0 unspecified atom stereocenters. The minimum absolute atomic E-state index is 0.0241. The normalized spacial score (nSPS) is 20.6. The average Bonchev–Trinajstić information content (AvgIpc) is 2.55. The summed E-state index contributed by atoms with van der Waals surface area (Å²) in [6.07, 6.45) is -1.98. The van der Waals surface area contributed by atoms with Gasteiger partial charge in [-0.25, -0.2) is 4.79 Å². The van der Waals surface area contributed by atoms with Crippen LogP contribution in [0.25, 0.3) is 0 Å². The Morgan fingerprint density at radius 3 is 2.43 bits per heavy atom. The molecule has 0 bridgehead atoms. The SMILES string of the molecule is O=C1NCCCN1C1CCN(c2ccc(C(F)(F)F)nn2)CC1. The molecule has 23 heavy (non-hydrogen) atoms. The number of amides is 2. The Kier molecular flexibility index (Phi) is 4.27. The molecule has 0 saturated carbocycles. The number of hydrogen-bond donors (Lipinski definition) is 1. The third-order valence-corrected chi connectivity index (χ3v) is 4.28. The summed E-state index contributed by atoms with van der Waals surface area (Å²) in [7, 11) is 0. The molecular weight excluding hydrogens is 311 g/mol. The van der Waals surface area contributed by atoms with E-state index in [1.165, 1.54) is 6.07 Å². The lowest BCUT2D eigenvalue weighted by atomic mass is 10.0. The van der Waals surface area contributed by atoms with Crippen LogP contribution in [-0.4, -0.2) is 53.3 Å². The number of urea groups is 1. The van der Waals surface area contributed by atoms with E-state index in [9.17, 15) is 18.0 Å².